The van der Waals surface area contributed by atoms with Gasteiger partial charge in [0.25, 0.3) is 6.02 Å². The van der Waals surface area contributed by atoms with Gasteiger partial charge in [0.1, 0.15) is 18.0 Å². The molecule has 0 radical (unpaired) electrons. The Morgan fingerprint density at radius 2 is 2.38 bits per heavy atom. The monoisotopic (exact) mass is 227 g/mol. The molecule has 4 atom stereocenters. The second-order valence-corrected chi connectivity index (χ2v) is 4.11. The van der Waals surface area contributed by atoms with Crippen molar-refractivity contribution in [2.75, 3.05) is 13.2 Å². The second kappa shape index (κ2) is 3.41. The number of aliphatic imine (C=N–C) groups is 1. The summed E-state index contributed by atoms with van der Waals surface area (Å²) in [4.78, 5) is 5.76. The van der Waals surface area contributed by atoms with Gasteiger partial charge in [0.15, 0.2) is 12.3 Å². The van der Waals surface area contributed by atoms with Crippen molar-refractivity contribution >= 4 is 11.9 Å². The third-order valence-corrected chi connectivity index (χ3v) is 3.11. The zero-order chi connectivity index (χ0) is 11.3. The number of amidine groups is 2. The number of fused-ring (bicyclic) bond motifs is 3. The molecular formula is C9H13N3O4. The third-order valence-electron chi connectivity index (χ3n) is 3.11. The number of nitrogens with zero attached hydrogens (tertiary/aromatic N) is 2. The Bertz CT molecular complexity index is 359. The van der Waals surface area contributed by atoms with Crippen LogP contribution in [-0.4, -0.2) is 64.7 Å². The van der Waals surface area contributed by atoms with E-state index in [1.807, 2.05) is 0 Å². The molecular weight excluding hydrogens is 214 g/mol. The highest BCUT2D eigenvalue weighted by Crippen LogP contribution is 2.33. The first kappa shape index (κ1) is 10.0. The van der Waals surface area contributed by atoms with E-state index in [0.717, 1.165) is 0 Å². The summed E-state index contributed by atoms with van der Waals surface area (Å²) < 4.78 is 11.0. The topological polar surface area (TPSA) is 98.4 Å². The number of aliphatic hydroxyl groups is 2. The summed E-state index contributed by atoms with van der Waals surface area (Å²) >= 11 is 0. The lowest BCUT2D eigenvalue weighted by molar-refractivity contribution is -0.0559. The zero-order valence-electron chi connectivity index (χ0n) is 8.54. The molecule has 2 saturated heterocycles. The molecule has 16 heavy (non-hydrogen) atoms. The van der Waals surface area contributed by atoms with E-state index in [0.29, 0.717) is 19.0 Å². The first-order chi connectivity index (χ1) is 7.70. The fourth-order valence-corrected chi connectivity index (χ4v) is 2.26. The molecule has 2 fully saturated rings. The van der Waals surface area contributed by atoms with Crippen LogP contribution in [0.15, 0.2) is 4.99 Å². The quantitative estimate of drug-likeness (QED) is 0.506. The van der Waals surface area contributed by atoms with Gasteiger partial charge in [0.05, 0.1) is 6.61 Å². The molecule has 3 N–H and O–H groups in total. The first-order valence-corrected chi connectivity index (χ1v) is 5.24. The smallest absolute Gasteiger partial charge is 0.296 e. The van der Waals surface area contributed by atoms with Gasteiger partial charge in [0.2, 0.25) is 0 Å². The maximum Gasteiger partial charge on any atom is 0.296 e. The van der Waals surface area contributed by atoms with Crippen LogP contribution in [0.3, 0.4) is 0 Å². The van der Waals surface area contributed by atoms with Crippen LogP contribution in [0.4, 0.5) is 0 Å². The highest BCUT2D eigenvalue weighted by molar-refractivity contribution is 5.95. The van der Waals surface area contributed by atoms with E-state index in [-0.39, 0.29) is 18.7 Å². The average Bonchev–Trinajstić information content (AvgIpc) is 2.75. The molecule has 7 heteroatoms. The standard InChI is InChI=1S/C9H13N3O4/c10-5-1-2-12-8-7(16-9(12)11-5)6(14)4(3-13)15-8/h4,6-8,10,13-14H,1-3H2/t4-,6+,7?,8+/m1/s1. The largest absolute Gasteiger partial charge is 0.454 e. The molecule has 3 aliphatic rings. The van der Waals surface area contributed by atoms with Crippen molar-refractivity contribution in [3.8, 4) is 0 Å². The summed E-state index contributed by atoms with van der Waals surface area (Å²) in [5.74, 6) is 0.277. The summed E-state index contributed by atoms with van der Waals surface area (Å²) in [5.41, 5.74) is 0. The van der Waals surface area contributed by atoms with E-state index in [1.165, 1.54) is 0 Å². The van der Waals surface area contributed by atoms with Crippen molar-refractivity contribution in [3.63, 3.8) is 0 Å². The number of rotatable bonds is 1. The van der Waals surface area contributed by atoms with Crippen molar-refractivity contribution in [3.05, 3.63) is 0 Å². The number of hydrogen-bond acceptors (Lipinski definition) is 6. The third kappa shape index (κ3) is 1.25. The van der Waals surface area contributed by atoms with Crippen molar-refractivity contribution in [2.45, 2.75) is 31.0 Å². The van der Waals surface area contributed by atoms with Gasteiger partial charge in [-0.1, -0.05) is 0 Å². The van der Waals surface area contributed by atoms with Gasteiger partial charge in [-0.15, -0.1) is 0 Å². The highest BCUT2D eigenvalue weighted by atomic mass is 16.6. The molecule has 0 aliphatic carbocycles. The van der Waals surface area contributed by atoms with Gasteiger partial charge in [-0.3, -0.25) is 10.3 Å². The Kier molecular flexibility index (Phi) is 2.13. The van der Waals surface area contributed by atoms with Gasteiger partial charge in [-0.05, 0) is 0 Å². The number of nitrogens with one attached hydrogen (secondary N) is 1. The van der Waals surface area contributed by atoms with Crippen LogP contribution in [0.5, 0.6) is 0 Å². The Labute approximate surface area is 91.8 Å². The van der Waals surface area contributed by atoms with Gasteiger partial charge >= 0.3 is 0 Å². The number of hydrogen-bond donors (Lipinski definition) is 3. The molecule has 0 bridgehead atoms. The van der Waals surface area contributed by atoms with E-state index >= 15 is 0 Å². The molecule has 0 aromatic heterocycles. The minimum absolute atomic E-state index is 0.229. The summed E-state index contributed by atoms with van der Waals surface area (Å²) in [6.45, 7) is 0.372. The van der Waals surface area contributed by atoms with Crippen LogP contribution in [0, 0.1) is 5.41 Å². The fraction of sp³-hybridized carbons (Fsp3) is 0.778. The van der Waals surface area contributed by atoms with Crippen LogP contribution in [0.1, 0.15) is 6.42 Å². The van der Waals surface area contributed by atoms with E-state index in [9.17, 15) is 5.11 Å². The number of aliphatic hydroxyl groups excluding tert-OH is 2. The Morgan fingerprint density at radius 3 is 3.12 bits per heavy atom. The van der Waals surface area contributed by atoms with Crippen molar-refractivity contribution in [1.29, 1.82) is 5.41 Å². The van der Waals surface area contributed by atoms with Gasteiger partial charge < -0.3 is 19.7 Å². The van der Waals surface area contributed by atoms with Gasteiger partial charge in [0, 0.05) is 13.0 Å². The van der Waals surface area contributed by atoms with Crippen LogP contribution in [0.25, 0.3) is 0 Å². The molecule has 0 saturated carbocycles. The highest BCUT2D eigenvalue weighted by Gasteiger charge is 2.54. The van der Waals surface area contributed by atoms with Gasteiger partial charge in [-0.2, -0.15) is 4.99 Å². The van der Waals surface area contributed by atoms with E-state index in [4.69, 9.17) is 20.0 Å². The summed E-state index contributed by atoms with van der Waals surface area (Å²) in [6, 6.07) is 0.349. The predicted molar refractivity (Wildman–Crippen MR) is 53.1 cm³/mol. The Morgan fingerprint density at radius 1 is 1.56 bits per heavy atom. The van der Waals surface area contributed by atoms with Crippen LogP contribution < -0.4 is 0 Å². The Hall–Kier alpha value is -1.18. The zero-order valence-corrected chi connectivity index (χ0v) is 8.54. The lowest BCUT2D eigenvalue weighted by atomic mass is 10.1. The van der Waals surface area contributed by atoms with Crippen LogP contribution >= 0.6 is 0 Å². The summed E-state index contributed by atoms with van der Waals surface area (Å²) in [5, 5.41) is 26.3. The lowest BCUT2D eigenvalue weighted by Gasteiger charge is -2.25. The molecule has 3 aliphatic heterocycles. The average molecular weight is 227 g/mol. The minimum atomic E-state index is -0.850. The molecule has 3 heterocycles. The SMILES string of the molecule is N=C1CCN2C(=N1)OC1[C@@H](O)[C@@H](CO)O[C@@H]12. The van der Waals surface area contributed by atoms with Crippen molar-refractivity contribution in [2.24, 2.45) is 4.99 Å². The maximum absolute atomic E-state index is 9.83. The second-order valence-electron chi connectivity index (χ2n) is 4.11. The lowest BCUT2D eigenvalue weighted by Crippen LogP contribution is -2.40. The maximum atomic E-state index is 9.83. The molecule has 3 rings (SSSR count). The Balaban J connectivity index is 1.85. The number of ether oxygens (including phenoxy) is 2. The molecule has 88 valence electrons. The van der Waals surface area contributed by atoms with Gasteiger partial charge in [-0.25, -0.2) is 0 Å². The predicted octanol–water partition coefficient (Wildman–Crippen LogP) is -1.50. The minimum Gasteiger partial charge on any atom is -0.454 e. The normalized spacial score (nSPS) is 41.5. The van der Waals surface area contributed by atoms with E-state index < -0.39 is 18.3 Å². The molecule has 1 unspecified atom stereocenters. The van der Waals surface area contributed by atoms with E-state index in [2.05, 4.69) is 4.99 Å². The summed E-state index contributed by atoms with van der Waals surface area (Å²) in [6.07, 6.45) is -1.81. The fourth-order valence-electron chi connectivity index (χ4n) is 2.26. The molecule has 7 nitrogen and oxygen atoms in total. The van der Waals surface area contributed by atoms with E-state index in [1.54, 1.807) is 4.90 Å². The summed E-state index contributed by atoms with van der Waals surface area (Å²) in [7, 11) is 0. The van der Waals surface area contributed by atoms with Crippen molar-refractivity contribution in [1.82, 2.24) is 4.90 Å². The van der Waals surface area contributed by atoms with Crippen molar-refractivity contribution < 1.29 is 19.7 Å². The first-order valence-electron chi connectivity index (χ1n) is 5.24. The molecule has 0 amide bonds. The molecule has 0 spiro atoms. The molecule has 0 aromatic carbocycles. The molecule has 0 aromatic rings. The van der Waals surface area contributed by atoms with Crippen LogP contribution in [0.2, 0.25) is 0 Å². The van der Waals surface area contributed by atoms with Crippen LogP contribution in [-0.2, 0) is 9.47 Å².